The summed E-state index contributed by atoms with van der Waals surface area (Å²) in [6.07, 6.45) is 0. The molecule has 2 heteroatoms. The van der Waals surface area contributed by atoms with Crippen molar-refractivity contribution in [2.24, 2.45) is 0 Å². The molecule has 0 aliphatic heterocycles. The van der Waals surface area contributed by atoms with Crippen molar-refractivity contribution in [3.05, 3.63) is 42.3 Å². The van der Waals surface area contributed by atoms with Crippen LogP contribution >= 0.6 is 13.6 Å². The molecule has 0 radical (unpaired) electrons. The van der Waals surface area contributed by atoms with Crippen molar-refractivity contribution in [3.8, 4) is 0 Å². The molecule has 0 spiro atoms. The molecule has 0 aliphatic rings. The van der Waals surface area contributed by atoms with Crippen LogP contribution in [0.15, 0.2) is 24.3 Å². The van der Waals surface area contributed by atoms with Gasteiger partial charge in [0.1, 0.15) is 0 Å². The molecule has 0 N–H and O–H groups in total. The van der Waals surface area contributed by atoms with Crippen molar-refractivity contribution >= 4 is 13.6 Å². The van der Waals surface area contributed by atoms with E-state index in [1.165, 1.54) is 21.9 Å². The SMILES string of the molecule is [CH2-]c1cccc(C)c1.[Zn+][Br]. The Morgan fingerprint density at radius 3 is 2.30 bits per heavy atom. The summed E-state index contributed by atoms with van der Waals surface area (Å²) in [5.74, 6) is 0. The number of rotatable bonds is 0. The molecule has 0 atom stereocenters. The maximum atomic E-state index is 3.78. The van der Waals surface area contributed by atoms with Gasteiger partial charge < -0.3 is 0 Å². The van der Waals surface area contributed by atoms with Crippen LogP contribution in [0.4, 0.5) is 0 Å². The van der Waals surface area contributed by atoms with Crippen LogP contribution in [0.5, 0.6) is 0 Å². The first-order valence-corrected chi connectivity index (χ1v) is 9.89. The van der Waals surface area contributed by atoms with Gasteiger partial charge in [0.2, 0.25) is 0 Å². The van der Waals surface area contributed by atoms with Gasteiger partial charge in [0.25, 0.3) is 0 Å². The van der Waals surface area contributed by atoms with Crippen molar-refractivity contribution in [2.75, 3.05) is 0 Å². The van der Waals surface area contributed by atoms with E-state index >= 15 is 0 Å². The van der Waals surface area contributed by atoms with Crippen molar-refractivity contribution in [1.29, 1.82) is 0 Å². The number of aryl methyl sites for hydroxylation is 1. The third-order valence-corrected chi connectivity index (χ3v) is 1.08. The molecule has 0 aromatic heterocycles. The molecule has 1 rings (SSSR count). The second-order valence-corrected chi connectivity index (χ2v) is 1.99. The Morgan fingerprint density at radius 1 is 1.40 bits per heavy atom. The number of benzene rings is 1. The van der Waals surface area contributed by atoms with Gasteiger partial charge in [0.05, 0.1) is 0 Å². The molecular weight excluding hydrogens is 241 g/mol. The van der Waals surface area contributed by atoms with Gasteiger partial charge >= 0.3 is 30.0 Å². The predicted molar refractivity (Wildman–Crippen MR) is 44.6 cm³/mol. The van der Waals surface area contributed by atoms with Crippen LogP contribution in [-0.4, -0.2) is 0 Å². The fourth-order valence-electron chi connectivity index (χ4n) is 0.712. The fraction of sp³-hybridized carbons (Fsp3) is 0.125. The van der Waals surface area contributed by atoms with Gasteiger partial charge in [0, 0.05) is 0 Å². The normalized spacial score (nSPS) is 8.00. The molecule has 1 aromatic rings. The van der Waals surface area contributed by atoms with Gasteiger partial charge in [-0.1, -0.05) is 13.0 Å². The van der Waals surface area contributed by atoms with E-state index in [9.17, 15) is 0 Å². The molecular formula is C8H9BrZn. The molecule has 50 valence electrons. The van der Waals surface area contributed by atoms with Gasteiger partial charge in [0.15, 0.2) is 0 Å². The Kier molecular flexibility index (Phi) is 6.05. The minimum atomic E-state index is 1.09. The van der Waals surface area contributed by atoms with Crippen LogP contribution in [0.2, 0.25) is 0 Å². The first-order chi connectivity index (χ1) is 4.79. The maximum absolute atomic E-state index is 3.78. The Labute approximate surface area is 79.1 Å². The van der Waals surface area contributed by atoms with E-state index < -0.39 is 0 Å². The Hall–Kier alpha value is 0.193. The van der Waals surface area contributed by atoms with Crippen LogP contribution < -0.4 is 0 Å². The molecule has 0 fully saturated rings. The molecule has 0 heterocycles. The Balaban J connectivity index is 0.000000371. The van der Waals surface area contributed by atoms with E-state index in [4.69, 9.17) is 0 Å². The average Bonchev–Trinajstić information content (AvgIpc) is 1.91. The molecule has 0 saturated carbocycles. The molecule has 1 aromatic carbocycles. The molecule has 0 amide bonds. The molecule has 0 aliphatic carbocycles. The standard InChI is InChI=1S/C8H9.BrH.Zn/c1-7-4-3-5-8(2)6-7;;/h3-6H,1H2,2H3;1H;/q-1;;+2/p-1. The first-order valence-electron chi connectivity index (χ1n) is 2.94. The van der Waals surface area contributed by atoms with Gasteiger partial charge in [-0.2, -0.15) is 24.6 Å². The molecule has 0 saturated heterocycles. The van der Waals surface area contributed by atoms with Crippen LogP contribution in [-0.2, 0) is 16.3 Å². The first kappa shape index (κ1) is 10.2. The summed E-state index contributed by atoms with van der Waals surface area (Å²) < 4.78 is 0. The van der Waals surface area contributed by atoms with Gasteiger partial charge in [-0.3, -0.25) is 0 Å². The van der Waals surface area contributed by atoms with E-state index in [0.29, 0.717) is 0 Å². The predicted octanol–water partition coefficient (Wildman–Crippen LogP) is 3.02. The average molecular weight is 250 g/mol. The van der Waals surface area contributed by atoms with Crippen LogP contribution in [0.3, 0.4) is 0 Å². The third kappa shape index (κ3) is 4.08. The summed E-state index contributed by atoms with van der Waals surface area (Å²) in [6.45, 7) is 5.85. The van der Waals surface area contributed by atoms with Gasteiger partial charge in [-0.05, 0) is 0 Å². The van der Waals surface area contributed by atoms with E-state index in [-0.39, 0.29) is 0 Å². The number of hydrogen-bond donors (Lipinski definition) is 0. The summed E-state index contributed by atoms with van der Waals surface area (Å²) in [4.78, 5) is 0. The zero-order chi connectivity index (χ0) is 7.98. The molecule has 10 heavy (non-hydrogen) atoms. The Bertz CT molecular complexity index is 169. The van der Waals surface area contributed by atoms with E-state index in [1.54, 1.807) is 0 Å². The van der Waals surface area contributed by atoms with E-state index in [0.717, 1.165) is 5.56 Å². The van der Waals surface area contributed by atoms with Crippen LogP contribution in [0, 0.1) is 13.8 Å². The monoisotopic (exact) mass is 248 g/mol. The van der Waals surface area contributed by atoms with Crippen molar-refractivity contribution in [3.63, 3.8) is 0 Å². The summed E-state index contributed by atoms with van der Waals surface area (Å²) in [5.41, 5.74) is 2.36. The number of hydrogen-bond acceptors (Lipinski definition) is 0. The van der Waals surface area contributed by atoms with Crippen LogP contribution in [0.25, 0.3) is 0 Å². The summed E-state index contributed by atoms with van der Waals surface area (Å²) in [6, 6.07) is 8.12. The molecule has 0 nitrogen and oxygen atoms in total. The van der Waals surface area contributed by atoms with Crippen LogP contribution in [0.1, 0.15) is 11.1 Å². The Morgan fingerprint density at radius 2 is 2.00 bits per heavy atom. The van der Waals surface area contributed by atoms with E-state index in [1.807, 2.05) is 12.1 Å². The van der Waals surface area contributed by atoms with Gasteiger partial charge in [-0.15, -0.1) is 11.6 Å². The quantitative estimate of drug-likeness (QED) is 0.490. The topological polar surface area (TPSA) is 0 Å². The van der Waals surface area contributed by atoms with Crippen molar-refractivity contribution in [1.82, 2.24) is 0 Å². The zero-order valence-corrected chi connectivity index (χ0v) is 10.7. The fourth-order valence-corrected chi connectivity index (χ4v) is 0.712. The third-order valence-electron chi connectivity index (χ3n) is 1.08. The molecule has 0 bridgehead atoms. The van der Waals surface area contributed by atoms with Crippen molar-refractivity contribution in [2.45, 2.75) is 6.92 Å². The summed E-state index contributed by atoms with van der Waals surface area (Å²) in [7, 11) is 0. The summed E-state index contributed by atoms with van der Waals surface area (Å²) >= 11 is 4.25. The van der Waals surface area contributed by atoms with Gasteiger partial charge in [-0.25, -0.2) is 0 Å². The van der Waals surface area contributed by atoms with Crippen molar-refractivity contribution < 1.29 is 16.3 Å². The van der Waals surface area contributed by atoms with E-state index in [2.05, 4.69) is 39.6 Å². The minimum absolute atomic E-state index is 1.09. The second kappa shape index (κ2) is 5.94. The number of halogens is 1. The second-order valence-electron chi connectivity index (χ2n) is 1.99. The summed E-state index contributed by atoms with van der Waals surface area (Å²) in [5, 5.41) is 0. The zero-order valence-electron chi connectivity index (χ0n) is 6.10. The molecule has 0 unspecified atom stereocenters.